The minimum atomic E-state index is -4.34. The van der Waals surface area contributed by atoms with E-state index in [0.29, 0.717) is 12.0 Å². The van der Waals surface area contributed by atoms with Crippen LogP contribution in [0, 0.1) is 0 Å². The van der Waals surface area contributed by atoms with E-state index >= 15 is 0 Å². The number of ether oxygens (including phenoxy) is 1. The van der Waals surface area contributed by atoms with Gasteiger partial charge < -0.3 is 14.5 Å². The van der Waals surface area contributed by atoms with E-state index in [9.17, 15) is 13.2 Å². The van der Waals surface area contributed by atoms with Gasteiger partial charge in [0.2, 0.25) is 0 Å². The monoisotopic (exact) mass is 316 g/mol. The number of piperazine rings is 1. The fourth-order valence-electron chi connectivity index (χ4n) is 2.73. The van der Waals surface area contributed by atoms with Gasteiger partial charge in [0.25, 0.3) is 0 Å². The quantitative estimate of drug-likeness (QED) is 0.831. The molecular weight excluding hydrogens is 293 g/mol. The predicted molar refractivity (Wildman–Crippen MR) is 80.3 cm³/mol. The summed E-state index contributed by atoms with van der Waals surface area (Å²) in [5.41, 5.74) is -0.229. The maximum absolute atomic E-state index is 13.1. The molecule has 1 aromatic carbocycles. The summed E-state index contributed by atoms with van der Waals surface area (Å²) in [5, 5.41) is 0. The Hall–Kier alpha value is -1.27. The Morgan fingerprint density at radius 1 is 1.14 bits per heavy atom. The van der Waals surface area contributed by atoms with Crippen molar-refractivity contribution in [1.29, 1.82) is 0 Å². The summed E-state index contributed by atoms with van der Waals surface area (Å²) in [7, 11) is 3.47. The van der Waals surface area contributed by atoms with E-state index in [2.05, 4.69) is 16.8 Å². The molecule has 1 aliphatic rings. The van der Waals surface area contributed by atoms with Crippen molar-refractivity contribution >= 4 is 0 Å². The minimum Gasteiger partial charge on any atom is -0.497 e. The maximum atomic E-state index is 13.1. The summed E-state index contributed by atoms with van der Waals surface area (Å²) in [6.45, 7) is 4.88. The first-order valence-electron chi connectivity index (χ1n) is 7.55. The predicted octanol–water partition coefficient (Wildman–Crippen LogP) is 2.89. The third kappa shape index (κ3) is 4.61. The fourth-order valence-corrected chi connectivity index (χ4v) is 2.73. The lowest BCUT2D eigenvalue weighted by Gasteiger charge is -2.32. The first-order chi connectivity index (χ1) is 10.4. The second-order valence-corrected chi connectivity index (χ2v) is 5.77. The van der Waals surface area contributed by atoms with E-state index in [1.165, 1.54) is 13.2 Å². The molecule has 1 aromatic rings. The number of nitrogens with zero attached hydrogens (tertiary/aromatic N) is 2. The van der Waals surface area contributed by atoms with E-state index in [0.717, 1.165) is 45.2 Å². The molecule has 1 heterocycles. The highest BCUT2D eigenvalue weighted by Gasteiger charge is 2.33. The molecule has 0 bridgehead atoms. The Bertz CT molecular complexity index is 483. The minimum absolute atomic E-state index is 0.246. The maximum Gasteiger partial charge on any atom is 0.416 e. The lowest BCUT2D eigenvalue weighted by Crippen LogP contribution is -2.44. The van der Waals surface area contributed by atoms with Gasteiger partial charge in [-0.3, -0.25) is 0 Å². The van der Waals surface area contributed by atoms with Crippen molar-refractivity contribution in [3.63, 3.8) is 0 Å². The molecule has 3 nitrogen and oxygen atoms in total. The zero-order valence-electron chi connectivity index (χ0n) is 13.1. The summed E-state index contributed by atoms with van der Waals surface area (Å²) in [4.78, 5) is 4.58. The number of halogens is 3. The van der Waals surface area contributed by atoms with Crippen molar-refractivity contribution in [3.05, 3.63) is 29.3 Å². The first kappa shape index (κ1) is 17.1. The van der Waals surface area contributed by atoms with Gasteiger partial charge in [0, 0.05) is 26.2 Å². The first-order valence-corrected chi connectivity index (χ1v) is 7.55. The van der Waals surface area contributed by atoms with Crippen LogP contribution in [0.5, 0.6) is 5.75 Å². The van der Waals surface area contributed by atoms with Crippen molar-refractivity contribution in [2.24, 2.45) is 0 Å². The third-order valence-corrected chi connectivity index (χ3v) is 4.14. The van der Waals surface area contributed by atoms with Crippen molar-refractivity contribution in [1.82, 2.24) is 9.80 Å². The van der Waals surface area contributed by atoms with Crippen LogP contribution in [0.4, 0.5) is 13.2 Å². The molecule has 1 aliphatic heterocycles. The van der Waals surface area contributed by atoms with Crippen LogP contribution in [0.25, 0.3) is 0 Å². The average molecular weight is 316 g/mol. The van der Waals surface area contributed by atoms with E-state index in [1.54, 1.807) is 6.07 Å². The lowest BCUT2D eigenvalue weighted by molar-refractivity contribution is -0.138. The fraction of sp³-hybridized carbons (Fsp3) is 0.625. The van der Waals surface area contributed by atoms with Gasteiger partial charge in [-0.15, -0.1) is 0 Å². The largest absolute Gasteiger partial charge is 0.497 e. The molecule has 0 aliphatic carbocycles. The zero-order chi connectivity index (χ0) is 16.2. The summed E-state index contributed by atoms with van der Waals surface area (Å²) < 4.78 is 44.3. The van der Waals surface area contributed by atoms with E-state index < -0.39 is 11.7 Å². The van der Waals surface area contributed by atoms with Crippen LogP contribution in [-0.2, 0) is 12.6 Å². The molecule has 124 valence electrons. The Kier molecular flexibility index (Phi) is 5.69. The van der Waals surface area contributed by atoms with E-state index in [-0.39, 0.29) is 5.75 Å². The van der Waals surface area contributed by atoms with Crippen LogP contribution in [0.3, 0.4) is 0 Å². The number of alkyl halides is 3. The van der Waals surface area contributed by atoms with Crippen LogP contribution in [-0.4, -0.2) is 56.7 Å². The normalized spacial score (nSPS) is 17.7. The van der Waals surface area contributed by atoms with E-state index in [4.69, 9.17) is 4.74 Å². The SMILES string of the molecule is COc1ccc(CCCN2CCN(C)CC2)c(C(F)(F)F)c1. The Morgan fingerprint density at radius 3 is 2.41 bits per heavy atom. The van der Waals surface area contributed by atoms with Gasteiger partial charge in [0.1, 0.15) is 5.75 Å². The molecule has 0 spiro atoms. The highest BCUT2D eigenvalue weighted by atomic mass is 19.4. The highest BCUT2D eigenvalue weighted by Crippen LogP contribution is 2.34. The molecule has 0 N–H and O–H groups in total. The van der Waals surface area contributed by atoms with Crippen LogP contribution < -0.4 is 4.74 Å². The van der Waals surface area contributed by atoms with Gasteiger partial charge in [-0.2, -0.15) is 13.2 Å². The molecule has 1 fully saturated rings. The standard InChI is InChI=1S/C16H23F3N2O/c1-20-8-10-21(11-9-20)7-3-4-13-5-6-14(22-2)12-15(13)16(17,18)19/h5-6,12H,3-4,7-11H2,1-2H3. The van der Waals surface area contributed by atoms with Crippen LogP contribution in [0.15, 0.2) is 18.2 Å². The van der Waals surface area contributed by atoms with Gasteiger partial charge >= 0.3 is 6.18 Å². The smallest absolute Gasteiger partial charge is 0.416 e. The second kappa shape index (κ2) is 7.33. The summed E-state index contributed by atoms with van der Waals surface area (Å²) in [6.07, 6.45) is -3.16. The second-order valence-electron chi connectivity index (χ2n) is 5.77. The van der Waals surface area contributed by atoms with E-state index in [1.807, 2.05) is 0 Å². The molecule has 0 saturated carbocycles. The number of methoxy groups -OCH3 is 1. The Balaban J connectivity index is 1.94. The van der Waals surface area contributed by atoms with Gasteiger partial charge in [0.15, 0.2) is 0 Å². The number of likely N-dealkylation sites (N-methyl/N-ethyl adjacent to an activating group) is 1. The lowest BCUT2D eigenvalue weighted by atomic mass is 10.0. The van der Waals surface area contributed by atoms with Gasteiger partial charge in [-0.25, -0.2) is 0 Å². The van der Waals surface area contributed by atoms with Crippen molar-refractivity contribution in [3.8, 4) is 5.75 Å². The molecule has 0 aromatic heterocycles. The molecule has 0 amide bonds. The van der Waals surface area contributed by atoms with Gasteiger partial charge in [-0.05, 0) is 44.1 Å². The zero-order valence-corrected chi connectivity index (χ0v) is 13.1. The van der Waals surface area contributed by atoms with Crippen molar-refractivity contribution in [2.75, 3.05) is 46.9 Å². The number of aryl methyl sites for hydroxylation is 1. The summed E-state index contributed by atoms with van der Waals surface area (Å²) in [5.74, 6) is 0.246. The molecule has 1 saturated heterocycles. The Morgan fingerprint density at radius 2 is 1.82 bits per heavy atom. The van der Waals surface area contributed by atoms with Crippen molar-refractivity contribution in [2.45, 2.75) is 19.0 Å². The summed E-state index contributed by atoms with van der Waals surface area (Å²) in [6, 6.07) is 4.22. The summed E-state index contributed by atoms with van der Waals surface area (Å²) >= 11 is 0. The Labute approximate surface area is 129 Å². The van der Waals surface area contributed by atoms with Crippen LogP contribution >= 0.6 is 0 Å². The molecule has 6 heteroatoms. The van der Waals surface area contributed by atoms with Crippen LogP contribution in [0.1, 0.15) is 17.5 Å². The molecule has 0 radical (unpaired) electrons. The topological polar surface area (TPSA) is 15.7 Å². The van der Waals surface area contributed by atoms with Gasteiger partial charge in [0.05, 0.1) is 12.7 Å². The number of rotatable bonds is 5. The van der Waals surface area contributed by atoms with Gasteiger partial charge in [-0.1, -0.05) is 6.07 Å². The average Bonchev–Trinajstić information content (AvgIpc) is 2.48. The molecule has 22 heavy (non-hydrogen) atoms. The third-order valence-electron chi connectivity index (χ3n) is 4.14. The molecular formula is C16H23F3N2O. The van der Waals surface area contributed by atoms with Crippen molar-refractivity contribution < 1.29 is 17.9 Å². The molecule has 0 atom stereocenters. The van der Waals surface area contributed by atoms with Crippen LogP contribution in [0.2, 0.25) is 0 Å². The number of hydrogen-bond donors (Lipinski definition) is 0. The number of hydrogen-bond acceptors (Lipinski definition) is 3. The number of benzene rings is 1. The molecule has 2 rings (SSSR count). The molecule has 0 unspecified atom stereocenters. The highest BCUT2D eigenvalue weighted by molar-refractivity contribution is 5.37.